The minimum absolute atomic E-state index is 0.0815. The molecular weight excluding hydrogens is 302 g/mol. The minimum atomic E-state index is -0.0815. The summed E-state index contributed by atoms with van der Waals surface area (Å²) in [4.78, 5) is 11.8. The maximum Gasteiger partial charge on any atom is 0.343 e. The van der Waals surface area contributed by atoms with Gasteiger partial charge in [-0.3, -0.25) is 4.57 Å². The molecule has 0 saturated heterocycles. The molecule has 0 spiro atoms. The maximum absolute atomic E-state index is 11.8. The van der Waals surface area contributed by atoms with Gasteiger partial charge >= 0.3 is 5.69 Å². The Kier molecular flexibility index (Phi) is 6.52. The second-order valence-corrected chi connectivity index (χ2v) is 7.71. The zero-order chi connectivity index (χ0) is 16.8. The highest BCUT2D eigenvalue weighted by Crippen LogP contribution is 2.36. The van der Waals surface area contributed by atoms with Crippen LogP contribution in [-0.2, 0) is 4.74 Å². The van der Waals surface area contributed by atoms with Gasteiger partial charge in [0.15, 0.2) is 0 Å². The third kappa shape index (κ3) is 4.71. The molecular formula is C19H33N3O2. The van der Waals surface area contributed by atoms with E-state index in [9.17, 15) is 4.79 Å². The normalized spacial score (nSPS) is 27.9. The molecule has 0 radical (unpaired) electrons. The van der Waals surface area contributed by atoms with Crippen LogP contribution in [0.3, 0.4) is 0 Å². The summed E-state index contributed by atoms with van der Waals surface area (Å²) in [6.07, 6.45) is 17.5. The average Bonchev–Trinajstić information content (AvgIpc) is 2.84. The van der Waals surface area contributed by atoms with E-state index < -0.39 is 0 Å². The molecule has 2 aliphatic carbocycles. The molecule has 2 saturated carbocycles. The molecule has 0 atom stereocenters. The first-order valence-corrected chi connectivity index (χ1v) is 10.0. The number of aromatic amines is 1. The Balaban J connectivity index is 1.45. The predicted octanol–water partition coefficient (Wildman–Crippen LogP) is 4.27. The molecule has 5 nitrogen and oxygen atoms in total. The Hall–Kier alpha value is -1.10. The van der Waals surface area contributed by atoms with Crippen LogP contribution in [0.5, 0.6) is 0 Å². The van der Waals surface area contributed by atoms with Crippen molar-refractivity contribution < 1.29 is 4.74 Å². The first kappa shape index (κ1) is 17.7. The molecule has 2 fully saturated rings. The third-order valence-corrected chi connectivity index (χ3v) is 5.75. The van der Waals surface area contributed by atoms with E-state index in [1.807, 2.05) is 6.92 Å². The van der Waals surface area contributed by atoms with Crippen molar-refractivity contribution in [2.45, 2.75) is 109 Å². The summed E-state index contributed by atoms with van der Waals surface area (Å²) in [5.41, 5.74) is -0.0815. The Morgan fingerprint density at radius 3 is 1.96 bits per heavy atom. The van der Waals surface area contributed by atoms with Crippen LogP contribution in [0.4, 0.5) is 0 Å². The number of aryl methyl sites for hydroxylation is 1. The lowest BCUT2D eigenvalue weighted by Gasteiger charge is -2.38. The van der Waals surface area contributed by atoms with E-state index in [1.54, 1.807) is 4.57 Å². The highest BCUT2D eigenvalue weighted by Gasteiger charge is 2.34. The van der Waals surface area contributed by atoms with Gasteiger partial charge in [-0.2, -0.15) is 5.10 Å². The van der Waals surface area contributed by atoms with Gasteiger partial charge < -0.3 is 4.74 Å². The van der Waals surface area contributed by atoms with Crippen LogP contribution in [0, 0.1) is 6.92 Å². The topological polar surface area (TPSA) is 59.9 Å². The Bertz CT molecular complexity index is 533. The van der Waals surface area contributed by atoms with Crippen molar-refractivity contribution >= 4 is 0 Å². The zero-order valence-electron chi connectivity index (χ0n) is 15.1. The van der Waals surface area contributed by atoms with Crippen molar-refractivity contribution in [1.82, 2.24) is 14.8 Å². The molecule has 3 rings (SSSR count). The number of nitrogens with one attached hydrogen (secondary N) is 1. The van der Waals surface area contributed by atoms with Gasteiger partial charge in [-0.25, -0.2) is 9.89 Å². The van der Waals surface area contributed by atoms with E-state index in [0.717, 1.165) is 18.7 Å². The van der Waals surface area contributed by atoms with Gasteiger partial charge in [-0.1, -0.05) is 57.8 Å². The molecule has 0 bridgehead atoms. The van der Waals surface area contributed by atoms with Gasteiger partial charge in [0.25, 0.3) is 0 Å². The SMILES string of the molecule is Cc1n[nH]c(=O)n1C1CC(OC2CCCCCCCCCCC2)C1. The number of H-pyrrole nitrogens is 1. The van der Waals surface area contributed by atoms with Gasteiger partial charge in [-0.15, -0.1) is 0 Å². The maximum atomic E-state index is 11.8. The van der Waals surface area contributed by atoms with Crippen LogP contribution in [0.2, 0.25) is 0 Å². The summed E-state index contributed by atoms with van der Waals surface area (Å²) in [7, 11) is 0. The quantitative estimate of drug-likeness (QED) is 0.897. The molecule has 0 aromatic carbocycles. The second-order valence-electron chi connectivity index (χ2n) is 7.71. The summed E-state index contributed by atoms with van der Waals surface area (Å²) in [6, 6.07) is 0.271. The van der Waals surface area contributed by atoms with Crippen molar-refractivity contribution in [3.63, 3.8) is 0 Å². The molecule has 1 N–H and O–H groups in total. The number of ether oxygens (including phenoxy) is 1. The number of hydrogen-bond acceptors (Lipinski definition) is 3. The van der Waals surface area contributed by atoms with E-state index >= 15 is 0 Å². The fourth-order valence-electron chi connectivity index (χ4n) is 4.21. The lowest BCUT2D eigenvalue weighted by molar-refractivity contribution is -0.0793. The van der Waals surface area contributed by atoms with Gasteiger partial charge in [-0.05, 0) is 32.6 Å². The predicted molar refractivity (Wildman–Crippen MR) is 95.3 cm³/mol. The number of hydrogen-bond donors (Lipinski definition) is 1. The molecule has 0 amide bonds. The molecule has 136 valence electrons. The number of rotatable bonds is 3. The zero-order valence-corrected chi connectivity index (χ0v) is 15.1. The Labute approximate surface area is 145 Å². The third-order valence-electron chi connectivity index (χ3n) is 5.75. The summed E-state index contributed by atoms with van der Waals surface area (Å²) in [6.45, 7) is 1.89. The van der Waals surface area contributed by atoms with Crippen LogP contribution in [0.15, 0.2) is 4.79 Å². The van der Waals surface area contributed by atoms with Crippen LogP contribution in [0.25, 0.3) is 0 Å². The van der Waals surface area contributed by atoms with E-state index in [-0.39, 0.29) is 11.7 Å². The lowest BCUT2D eigenvalue weighted by atomic mass is 9.88. The van der Waals surface area contributed by atoms with Gasteiger partial charge in [0.1, 0.15) is 5.82 Å². The largest absolute Gasteiger partial charge is 0.375 e. The molecule has 2 aliphatic rings. The summed E-state index contributed by atoms with van der Waals surface area (Å²) in [5, 5.41) is 6.54. The monoisotopic (exact) mass is 335 g/mol. The molecule has 1 aromatic heterocycles. The van der Waals surface area contributed by atoms with Crippen molar-refractivity contribution in [2.24, 2.45) is 0 Å². The van der Waals surface area contributed by atoms with Crippen LogP contribution in [-0.4, -0.2) is 27.0 Å². The van der Waals surface area contributed by atoms with Crippen LogP contribution >= 0.6 is 0 Å². The Morgan fingerprint density at radius 1 is 0.917 bits per heavy atom. The van der Waals surface area contributed by atoms with Crippen LogP contribution in [0.1, 0.15) is 95.3 Å². The van der Waals surface area contributed by atoms with Gasteiger partial charge in [0.2, 0.25) is 0 Å². The van der Waals surface area contributed by atoms with Crippen molar-refractivity contribution in [3.05, 3.63) is 16.3 Å². The molecule has 1 aromatic rings. The van der Waals surface area contributed by atoms with Crippen molar-refractivity contribution in [2.75, 3.05) is 0 Å². The first-order valence-electron chi connectivity index (χ1n) is 10.0. The highest BCUT2D eigenvalue weighted by atomic mass is 16.5. The first-order chi connectivity index (χ1) is 11.7. The van der Waals surface area contributed by atoms with Gasteiger partial charge in [0.05, 0.1) is 12.2 Å². The fraction of sp³-hybridized carbons (Fsp3) is 0.895. The fourth-order valence-corrected chi connectivity index (χ4v) is 4.21. The van der Waals surface area contributed by atoms with Crippen molar-refractivity contribution in [1.29, 1.82) is 0 Å². The van der Waals surface area contributed by atoms with E-state index in [4.69, 9.17) is 4.74 Å². The summed E-state index contributed by atoms with van der Waals surface area (Å²) >= 11 is 0. The van der Waals surface area contributed by atoms with Crippen LogP contribution < -0.4 is 5.69 Å². The summed E-state index contributed by atoms with van der Waals surface area (Å²) < 4.78 is 8.19. The summed E-state index contributed by atoms with van der Waals surface area (Å²) in [5.74, 6) is 0.787. The molecule has 5 heteroatoms. The van der Waals surface area contributed by atoms with Gasteiger partial charge in [0, 0.05) is 6.04 Å². The highest BCUT2D eigenvalue weighted by molar-refractivity contribution is 4.94. The van der Waals surface area contributed by atoms with Crippen molar-refractivity contribution in [3.8, 4) is 0 Å². The minimum Gasteiger partial charge on any atom is -0.375 e. The van der Waals surface area contributed by atoms with E-state index in [2.05, 4.69) is 10.2 Å². The van der Waals surface area contributed by atoms with E-state index in [0.29, 0.717) is 12.2 Å². The molecule has 0 unspecified atom stereocenters. The number of nitrogens with zero attached hydrogens (tertiary/aromatic N) is 2. The number of aromatic nitrogens is 3. The molecule has 24 heavy (non-hydrogen) atoms. The Morgan fingerprint density at radius 2 is 1.46 bits per heavy atom. The average molecular weight is 335 g/mol. The van der Waals surface area contributed by atoms with E-state index in [1.165, 1.54) is 70.6 Å². The second kappa shape index (κ2) is 8.84. The standard InChI is InChI=1S/C19H33N3O2/c1-15-20-21-19(23)22(15)16-13-18(14-16)24-17-11-9-7-5-3-2-4-6-8-10-12-17/h16-18H,2-14H2,1H3,(H,21,23). The lowest BCUT2D eigenvalue weighted by Crippen LogP contribution is -2.39. The smallest absolute Gasteiger partial charge is 0.343 e. The molecule has 0 aliphatic heterocycles. The molecule has 1 heterocycles.